The molecule has 1 aromatic carbocycles. The van der Waals surface area contributed by atoms with Gasteiger partial charge in [0.1, 0.15) is 0 Å². The maximum Gasteiger partial charge on any atom is 0.252 e. The highest BCUT2D eigenvalue weighted by Gasteiger charge is 2.21. The number of rotatable bonds is 7. The summed E-state index contributed by atoms with van der Waals surface area (Å²) in [6, 6.07) is 11.4. The van der Waals surface area contributed by atoms with Crippen molar-refractivity contribution in [1.29, 1.82) is 0 Å². The second-order valence-electron chi connectivity index (χ2n) is 6.73. The minimum Gasteiger partial charge on any atom is -0.379 e. The molecular weight excluding hydrogens is 406 g/mol. The number of halogens is 1. The van der Waals surface area contributed by atoms with Gasteiger partial charge in [-0.2, -0.15) is 0 Å². The molecule has 1 amide bonds. The van der Waals surface area contributed by atoms with Crippen molar-refractivity contribution in [2.24, 2.45) is 5.92 Å². The number of carbonyl (C=O) groups is 1. The van der Waals surface area contributed by atoms with Gasteiger partial charge in [-0.25, -0.2) is 4.98 Å². The average molecular weight is 426 g/mol. The second-order valence-corrected chi connectivity index (χ2v) is 7.64. The van der Waals surface area contributed by atoms with Crippen molar-refractivity contribution in [1.82, 2.24) is 15.3 Å². The van der Waals surface area contributed by atoms with Gasteiger partial charge >= 0.3 is 0 Å². The SMILES string of the molecule is O=C(NCCOCC1CC1)c1cc(-c2ccncc2)nc2ccc(Br)cc12. The van der Waals surface area contributed by atoms with Gasteiger partial charge in [0.15, 0.2) is 0 Å². The van der Waals surface area contributed by atoms with Crippen LogP contribution in [0.5, 0.6) is 0 Å². The maximum absolute atomic E-state index is 12.8. The molecule has 2 aromatic heterocycles. The molecule has 0 aliphatic heterocycles. The van der Waals surface area contributed by atoms with Crippen LogP contribution in [-0.4, -0.2) is 35.6 Å². The van der Waals surface area contributed by atoms with Crippen LogP contribution in [0.2, 0.25) is 0 Å². The molecule has 3 aromatic rings. The summed E-state index contributed by atoms with van der Waals surface area (Å²) in [6.07, 6.45) is 5.98. The number of carbonyl (C=O) groups excluding carboxylic acids is 1. The molecule has 1 aliphatic rings. The summed E-state index contributed by atoms with van der Waals surface area (Å²) in [7, 11) is 0. The van der Waals surface area contributed by atoms with E-state index in [0.29, 0.717) is 18.7 Å². The molecular formula is C21H20BrN3O2. The fourth-order valence-corrected chi connectivity index (χ4v) is 3.28. The Bertz CT molecular complexity index is 958. The lowest BCUT2D eigenvalue weighted by molar-refractivity contribution is 0.0908. The van der Waals surface area contributed by atoms with Crippen molar-refractivity contribution in [2.75, 3.05) is 19.8 Å². The van der Waals surface area contributed by atoms with E-state index in [1.165, 1.54) is 12.8 Å². The molecule has 5 nitrogen and oxygen atoms in total. The molecule has 0 spiro atoms. The molecule has 1 saturated carbocycles. The van der Waals surface area contributed by atoms with Crippen molar-refractivity contribution in [3.63, 3.8) is 0 Å². The maximum atomic E-state index is 12.8. The fourth-order valence-electron chi connectivity index (χ4n) is 2.92. The zero-order valence-electron chi connectivity index (χ0n) is 14.8. The van der Waals surface area contributed by atoms with Crippen LogP contribution in [0.15, 0.2) is 53.3 Å². The number of fused-ring (bicyclic) bond motifs is 1. The van der Waals surface area contributed by atoms with Gasteiger partial charge in [-0.05, 0) is 55.2 Å². The van der Waals surface area contributed by atoms with Crippen molar-refractivity contribution >= 4 is 32.7 Å². The lowest BCUT2D eigenvalue weighted by Crippen LogP contribution is -2.27. The van der Waals surface area contributed by atoms with E-state index in [-0.39, 0.29) is 5.91 Å². The van der Waals surface area contributed by atoms with Crippen LogP contribution in [0.3, 0.4) is 0 Å². The first-order valence-corrected chi connectivity index (χ1v) is 9.86. The monoisotopic (exact) mass is 425 g/mol. The van der Waals surface area contributed by atoms with Crippen molar-refractivity contribution in [2.45, 2.75) is 12.8 Å². The largest absolute Gasteiger partial charge is 0.379 e. The predicted octanol–water partition coefficient (Wildman–Crippen LogP) is 4.22. The molecule has 0 unspecified atom stereocenters. The van der Waals surface area contributed by atoms with E-state index in [4.69, 9.17) is 9.72 Å². The van der Waals surface area contributed by atoms with Gasteiger partial charge in [0, 0.05) is 41.0 Å². The summed E-state index contributed by atoms with van der Waals surface area (Å²) in [6.45, 7) is 1.83. The van der Waals surface area contributed by atoms with E-state index in [9.17, 15) is 4.79 Å². The third-order valence-electron chi connectivity index (χ3n) is 4.57. The molecule has 6 heteroatoms. The van der Waals surface area contributed by atoms with Gasteiger partial charge < -0.3 is 10.1 Å². The Morgan fingerprint density at radius 1 is 1.19 bits per heavy atom. The van der Waals surface area contributed by atoms with Crippen LogP contribution < -0.4 is 5.32 Å². The molecule has 138 valence electrons. The highest BCUT2D eigenvalue weighted by molar-refractivity contribution is 9.10. The number of hydrogen-bond donors (Lipinski definition) is 1. The standard InChI is InChI=1S/C21H20BrN3O2/c22-16-3-4-19-17(11-16)18(12-20(25-19)15-5-7-23-8-6-15)21(26)24-9-10-27-13-14-1-2-14/h3-8,11-12,14H,1-2,9-10,13H2,(H,24,26). The first-order chi connectivity index (χ1) is 13.2. The Labute approximate surface area is 166 Å². The summed E-state index contributed by atoms with van der Waals surface area (Å²) < 4.78 is 6.51. The number of nitrogens with one attached hydrogen (secondary N) is 1. The summed E-state index contributed by atoms with van der Waals surface area (Å²) >= 11 is 3.48. The van der Waals surface area contributed by atoms with Gasteiger partial charge in [0.2, 0.25) is 0 Å². The van der Waals surface area contributed by atoms with Crippen LogP contribution in [0.1, 0.15) is 23.2 Å². The van der Waals surface area contributed by atoms with Crippen LogP contribution in [0.25, 0.3) is 22.2 Å². The van der Waals surface area contributed by atoms with E-state index in [1.807, 2.05) is 36.4 Å². The predicted molar refractivity (Wildman–Crippen MR) is 109 cm³/mol. The number of benzene rings is 1. The molecule has 0 bridgehead atoms. The molecule has 0 saturated heterocycles. The first kappa shape index (κ1) is 18.1. The summed E-state index contributed by atoms with van der Waals surface area (Å²) in [5.41, 5.74) is 3.07. The lowest BCUT2D eigenvalue weighted by Gasteiger charge is -2.11. The van der Waals surface area contributed by atoms with E-state index in [0.717, 1.165) is 39.2 Å². The van der Waals surface area contributed by atoms with Gasteiger partial charge in [-0.1, -0.05) is 15.9 Å². The highest BCUT2D eigenvalue weighted by Crippen LogP contribution is 2.29. The Morgan fingerprint density at radius 2 is 2.00 bits per heavy atom. The molecule has 0 radical (unpaired) electrons. The number of amides is 1. The number of aromatic nitrogens is 2. The third kappa shape index (κ3) is 4.51. The zero-order valence-corrected chi connectivity index (χ0v) is 16.4. The first-order valence-electron chi connectivity index (χ1n) is 9.07. The Morgan fingerprint density at radius 3 is 2.78 bits per heavy atom. The molecule has 27 heavy (non-hydrogen) atoms. The van der Waals surface area contributed by atoms with Crippen molar-refractivity contribution in [3.8, 4) is 11.3 Å². The van der Waals surface area contributed by atoms with Crippen LogP contribution >= 0.6 is 15.9 Å². The summed E-state index contributed by atoms with van der Waals surface area (Å²) in [5, 5.41) is 3.78. The quantitative estimate of drug-likeness (QED) is 0.575. The highest BCUT2D eigenvalue weighted by atomic mass is 79.9. The van der Waals surface area contributed by atoms with Crippen LogP contribution in [0, 0.1) is 5.92 Å². The van der Waals surface area contributed by atoms with E-state index in [1.54, 1.807) is 12.4 Å². The molecule has 1 fully saturated rings. The van der Waals surface area contributed by atoms with Gasteiger partial charge in [-0.3, -0.25) is 9.78 Å². The number of pyridine rings is 2. The zero-order chi connectivity index (χ0) is 18.6. The lowest BCUT2D eigenvalue weighted by atomic mass is 10.0. The Hall–Kier alpha value is -2.31. The molecule has 1 aliphatic carbocycles. The fraction of sp³-hybridized carbons (Fsp3) is 0.286. The molecule has 4 rings (SSSR count). The minimum atomic E-state index is -0.120. The minimum absolute atomic E-state index is 0.120. The van der Waals surface area contributed by atoms with Crippen molar-refractivity contribution < 1.29 is 9.53 Å². The number of hydrogen-bond acceptors (Lipinski definition) is 4. The van der Waals surface area contributed by atoms with Crippen molar-refractivity contribution in [3.05, 3.63) is 58.8 Å². The smallest absolute Gasteiger partial charge is 0.252 e. The topological polar surface area (TPSA) is 64.1 Å². The number of ether oxygens (including phenoxy) is 1. The molecule has 2 heterocycles. The van der Waals surface area contributed by atoms with E-state index >= 15 is 0 Å². The summed E-state index contributed by atoms with van der Waals surface area (Å²) in [4.78, 5) is 21.6. The van der Waals surface area contributed by atoms with Gasteiger partial charge in [0.05, 0.1) is 23.4 Å². The number of nitrogens with zero attached hydrogens (tertiary/aromatic N) is 2. The second kappa shape index (κ2) is 8.15. The Kier molecular flexibility index (Phi) is 5.45. The van der Waals surface area contributed by atoms with E-state index < -0.39 is 0 Å². The Balaban J connectivity index is 1.58. The van der Waals surface area contributed by atoms with Crippen LogP contribution in [0.4, 0.5) is 0 Å². The van der Waals surface area contributed by atoms with Crippen LogP contribution in [-0.2, 0) is 4.74 Å². The molecule has 1 N–H and O–H groups in total. The van der Waals surface area contributed by atoms with E-state index in [2.05, 4.69) is 26.2 Å². The molecule has 0 atom stereocenters. The third-order valence-corrected chi connectivity index (χ3v) is 5.07. The normalized spacial score (nSPS) is 13.7. The average Bonchev–Trinajstić information content (AvgIpc) is 3.52. The van der Waals surface area contributed by atoms with Gasteiger partial charge in [0.25, 0.3) is 5.91 Å². The van der Waals surface area contributed by atoms with Gasteiger partial charge in [-0.15, -0.1) is 0 Å². The summed E-state index contributed by atoms with van der Waals surface area (Å²) in [5.74, 6) is 0.607.